The van der Waals surface area contributed by atoms with E-state index in [1.54, 1.807) is 18.3 Å². The van der Waals surface area contributed by atoms with E-state index in [2.05, 4.69) is 25.6 Å². The molecule has 0 bridgehead atoms. The number of carbonyl (C=O) groups is 2. The lowest BCUT2D eigenvalue weighted by Crippen LogP contribution is -2.26. The number of aromatic nitrogens is 3. The number of nitrogens with one attached hydrogen (secondary N) is 2. The van der Waals surface area contributed by atoms with Crippen LogP contribution in [0.1, 0.15) is 48.6 Å². The van der Waals surface area contributed by atoms with Crippen LogP contribution in [0.25, 0.3) is 0 Å². The molecule has 1 aliphatic heterocycles. The largest absolute Gasteiger partial charge is 0.367 e. The van der Waals surface area contributed by atoms with E-state index >= 15 is 0 Å². The van der Waals surface area contributed by atoms with Crippen molar-refractivity contribution in [2.24, 2.45) is 0 Å². The van der Waals surface area contributed by atoms with Gasteiger partial charge in [-0.25, -0.2) is 15.0 Å². The summed E-state index contributed by atoms with van der Waals surface area (Å²) >= 11 is 0. The first-order chi connectivity index (χ1) is 12.5. The SMILES string of the molecule is CC(=O)Nc1cc(C(=O)NCc2ccnc([C@]3(C)CCCO3)n2)ccn1. The number of pyridine rings is 1. The van der Waals surface area contributed by atoms with Crippen LogP contribution in [-0.4, -0.2) is 33.4 Å². The van der Waals surface area contributed by atoms with Crippen LogP contribution in [0.2, 0.25) is 0 Å². The number of amides is 2. The first-order valence-corrected chi connectivity index (χ1v) is 8.44. The van der Waals surface area contributed by atoms with Gasteiger partial charge >= 0.3 is 0 Å². The number of carbonyl (C=O) groups excluding carboxylic acids is 2. The van der Waals surface area contributed by atoms with Gasteiger partial charge in [-0.1, -0.05) is 0 Å². The molecule has 3 rings (SSSR count). The highest BCUT2D eigenvalue weighted by Gasteiger charge is 2.34. The Bertz CT molecular complexity index is 818. The summed E-state index contributed by atoms with van der Waals surface area (Å²) in [7, 11) is 0. The van der Waals surface area contributed by atoms with Crippen LogP contribution in [0.15, 0.2) is 30.6 Å². The molecule has 2 aromatic heterocycles. The maximum atomic E-state index is 12.3. The van der Waals surface area contributed by atoms with Gasteiger partial charge in [0.2, 0.25) is 5.91 Å². The van der Waals surface area contributed by atoms with E-state index < -0.39 is 5.60 Å². The summed E-state index contributed by atoms with van der Waals surface area (Å²) in [6, 6.07) is 4.87. The molecule has 8 heteroatoms. The molecule has 0 spiro atoms. The summed E-state index contributed by atoms with van der Waals surface area (Å²) in [5.74, 6) is 0.452. The van der Waals surface area contributed by atoms with Crippen molar-refractivity contribution in [3.05, 3.63) is 47.7 Å². The molecule has 1 saturated heterocycles. The molecule has 1 aliphatic rings. The molecule has 0 saturated carbocycles. The van der Waals surface area contributed by atoms with Crippen molar-refractivity contribution in [3.63, 3.8) is 0 Å². The third kappa shape index (κ3) is 4.20. The first kappa shape index (κ1) is 17.9. The first-order valence-electron chi connectivity index (χ1n) is 8.44. The molecule has 136 valence electrons. The van der Waals surface area contributed by atoms with Crippen LogP contribution in [0.3, 0.4) is 0 Å². The Hall–Kier alpha value is -2.87. The van der Waals surface area contributed by atoms with E-state index in [1.807, 2.05) is 6.92 Å². The highest BCUT2D eigenvalue weighted by Crippen LogP contribution is 2.33. The van der Waals surface area contributed by atoms with Crippen molar-refractivity contribution in [1.29, 1.82) is 0 Å². The van der Waals surface area contributed by atoms with Gasteiger partial charge in [0.25, 0.3) is 5.91 Å². The van der Waals surface area contributed by atoms with Crippen molar-refractivity contribution >= 4 is 17.6 Å². The fourth-order valence-electron chi connectivity index (χ4n) is 2.80. The second kappa shape index (κ2) is 7.57. The van der Waals surface area contributed by atoms with E-state index in [4.69, 9.17) is 4.74 Å². The Morgan fingerprint density at radius 1 is 1.27 bits per heavy atom. The van der Waals surface area contributed by atoms with Gasteiger partial charge in [-0.05, 0) is 38.0 Å². The molecular weight excluding hydrogens is 334 g/mol. The molecule has 0 aromatic carbocycles. The van der Waals surface area contributed by atoms with Crippen LogP contribution in [0.4, 0.5) is 5.82 Å². The van der Waals surface area contributed by atoms with E-state index in [-0.39, 0.29) is 18.4 Å². The average molecular weight is 355 g/mol. The zero-order valence-electron chi connectivity index (χ0n) is 14.8. The van der Waals surface area contributed by atoms with Crippen molar-refractivity contribution in [1.82, 2.24) is 20.3 Å². The predicted octanol–water partition coefficient (Wildman–Crippen LogP) is 1.79. The van der Waals surface area contributed by atoms with E-state index in [0.29, 0.717) is 29.5 Å². The molecule has 1 atom stereocenters. The number of anilines is 1. The molecular formula is C18H21N5O3. The minimum absolute atomic E-state index is 0.244. The second-order valence-corrected chi connectivity index (χ2v) is 6.35. The van der Waals surface area contributed by atoms with Crippen LogP contribution in [0, 0.1) is 0 Å². The number of rotatable bonds is 5. The Morgan fingerprint density at radius 3 is 2.81 bits per heavy atom. The third-order valence-electron chi connectivity index (χ3n) is 4.16. The normalized spacial score (nSPS) is 19.2. The number of hydrogen-bond donors (Lipinski definition) is 2. The predicted molar refractivity (Wildman–Crippen MR) is 94.3 cm³/mol. The molecule has 8 nitrogen and oxygen atoms in total. The van der Waals surface area contributed by atoms with E-state index in [0.717, 1.165) is 12.8 Å². The maximum Gasteiger partial charge on any atom is 0.251 e. The molecule has 2 N–H and O–H groups in total. The third-order valence-corrected chi connectivity index (χ3v) is 4.16. The number of nitrogens with zero attached hydrogens (tertiary/aromatic N) is 3. The van der Waals surface area contributed by atoms with E-state index in [1.165, 1.54) is 19.2 Å². The Morgan fingerprint density at radius 2 is 2.08 bits per heavy atom. The Kier molecular flexibility index (Phi) is 5.22. The zero-order valence-corrected chi connectivity index (χ0v) is 14.8. The fourth-order valence-corrected chi connectivity index (χ4v) is 2.80. The zero-order chi connectivity index (χ0) is 18.6. The Balaban J connectivity index is 1.65. The monoisotopic (exact) mass is 355 g/mol. The lowest BCUT2D eigenvalue weighted by molar-refractivity contribution is -0.114. The standard InChI is InChI=1S/C18H21N5O3/c1-12(24)22-15-10-13(4-7-19-15)16(25)21-11-14-5-8-20-17(23-14)18(2)6-3-9-26-18/h4-5,7-8,10H,3,6,9,11H2,1-2H3,(H,21,25)(H,19,22,24)/t18-/m0/s1. The highest BCUT2D eigenvalue weighted by atomic mass is 16.5. The molecule has 3 heterocycles. The summed E-state index contributed by atoms with van der Waals surface area (Å²) in [5.41, 5.74) is 0.651. The molecule has 26 heavy (non-hydrogen) atoms. The van der Waals surface area contributed by atoms with Gasteiger partial charge < -0.3 is 15.4 Å². The van der Waals surface area contributed by atoms with Crippen LogP contribution in [0.5, 0.6) is 0 Å². The fraction of sp³-hybridized carbons (Fsp3) is 0.389. The highest BCUT2D eigenvalue weighted by molar-refractivity contribution is 5.96. The molecule has 2 amide bonds. The lowest BCUT2D eigenvalue weighted by Gasteiger charge is -2.21. The molecule has 0 radical (unpaired) electrons. The quantitative estimate of drug-likeness (QED) is 0.847. The van der Waals surface area contributed by atoms with E-state index in [9.17, 15) is 9.59 Å². The van der Waals surface area contributed by atoms with Gasteiger partial charge in [0, 0.05) is 31.5 Å². The van der Waals surface area contributed by atoms with Gasteiger partial charge in [-0.15, -0.1) is 0 Å². The van der Waals surface area contributed by atoms with Gasteiger partial charge in [-0.2, -0.15) is 0 Å². The van der Waals surface area contributed by atoms with Crippen molar-refractivity contribution < 1.29 is 14.3 Å². The molecule has 0 unspecified atom stereocenters. The lowest BCUT2D eigenvalue weighted by atomic mass is 10.0. The van der Waals surface area contributed by atoms with Gasteiger partial charge in [0.15, 0.2) is 5.82 Å². The smallest absolute Gasteiger partial charge is 0.251 e. The maximum absolute atomic E-state index is 12.3. The summed E-state index contributed by atoms with van der Waals surface area (Å²) in [6.45, 7) is 4.34. The molecule has 1 fully saturated rings. The van der Waals surface area contributed by atoms with Crippen LogP contribution >= 0.6 is 0 Å². The van der Waals surface area contributed by atoms with Crippen molar-refractivity contribution in [2.45, 2.75) is 38.8 Å². The Labute approximate surface area is 151 Å². The van der Waals surface area contributed by atoms with Gasteiger partial charge in [0.1, 0.15) is 11.4 Å². The number of ether oxygens (including phenoxy) is 1. The summed E-state index contributed by atoms with van der Waals surface area (Å²) in [4.78, 5) is 36.3. The molecule has 0 aliphatic carbocycles. The van der Waals surface area contributed by atoms with Crippen LogP contribution in [-0.2, 0) is 21.7 Å². The van der Waals surface area contributed by atoms with Crippen molar-refractivity contribution in [3.8, 4) is 0 Å². The minimum atomic E-state index is -0.460. The van der Waals surface area contributed by atoms with Crippen molar-refractivity contribution in [2.75, 3.05) is 11.9 Å². The minimum Gasteiger partial charge on any atom is -0.367 e. The van der Waals surface area contributed by atoms with Gasteiger partial charge in [-0.3, -0.25) is 9.59 Å². The van der Waals surface area contributed by atoms with Crippen LogP contribution < -0.4 is 10.6 Å². The topological polar surface area (TPSA) is 106 Å². The molecule has 2 aromatic rings. The van der Waals surface area contributed by atoms with Gasteiger partial charge in [0.05, 0.1) is 12.2 Å². The number of hydrogen-bond acceptors (Lipinski definition) is 6. The summed E-state index contributed by atoms with van der Waals surface area (Å²) in [6.07, 6.45) is 5.02. The average Bonchev–Trinajstić information content (AvgIpc) is 3.07. The second-order valence-electron chi connectivity index (χ2n) is 6.35. The summed E-state index contributed by atoms with van der Waals surface area (Å²) in [5, 5.41) is 5.37. The summed E-state index contributed by atoms with van der Waals surface area (Å²) < 4.78 is 5.77.